The average Bonchev–Trinajstić information content (AvgIpc) is 3.36. The van der Waals surface area contributed by atoms with E-state index >= 15 is 0 Å². The van der Waals surface area contributed by atoms with Crippen molar-refractivity contribution in [1.82, 2.24) is 4.57 Å². The maximum Gasteiger partial charge on any atom is 0.0541 e. The van der Waals surface area contributed by atoms with Gasteiger partial charge in [0.2, 0.25) is 0 Å². The van der Waals surface area contributed by atoms with Crippen molar-refractivity contribution in [1.29, 1.82) is 0 Å². The molecule has 0 aliphatic carbocycles. The Balaban J connectivity index is 1.11. The molecule has 0 unspecified atom stereocenters. The van der Waals surface area contributed by atoms with E-state index in [0.29, 0.717) is 0 Å². The van der Waals surface area contributed by atoms with Crippen LogP contribution in [0.1, 0.15) is 0 Å². The molecule has 8 aromatic rings. The molecule has 0 saturated carbocycles. The molecule has 0 fully saturated rings. The highest BCUT2D eigenvalue weighted by Gasteiger charge is 2.12. The molecular formula is C38H26N2. The topological polar surface area (TPSA) is 17.0 Å². The molecule has 8 rings (SSSR count). The second kappa shape index (κ2) is 9.14. The molecule has 0 spiro atoms. The molecule has 0 atom stereocenters. The third kappa shape index (κ3) is 3.65. The fourth-order valence-electron chi connectivity index (χ4n) is 6.09. The van der Waals surface area contributed by atoms with Gasteiger partial charge in [0.25, 0.3) is 0 Å². The molecule has 0 amide bonds. The van der Waals surface area contributed by atoms with Crippen molar-refractivity contribution >= 4 is 54.7 Å². The van der Waals surface area contributed by atoms with Gasteiger partial charge in [-0.1, -0.05) is 97.1 Å². The van der Waals surface area contributed by atoms with Gasteiger partial charge >= 0.3 is 0 Å². The van der Waals surface area contributed by atoms with Gasteiger partial charge < -0.3 is 9.88 Å². The van der Waals surface area contributed by atoms with Crippen molar-refractivity contribution in [3.8, 4) is 16.8 Å². The number of rotatable bonds is 4. The molecule has 1 N–H and O–H groups in total. The summed E-state index contributed by atoms with van der Waals surface area (Å²) in [4.78, 5) is 0. The van der Waals surface area contributed by atoms with Gasteiger partial charge in [-0.15, -0.1) is 0 Å². The highest BCUT2D eigenvalue weighted by atomic mass is 15.0. The van der Waals surface area contributed by atoms with Crippen LogP contribution in [0, 0.1) is 0 Å². The first-order valence-electron chi connectivity index (χ1n) is 13.7. The number of para-hydroxylation sites is 2. The SMILES string of the molecule is c1ccc2c(c1)cc(-c1ccc(Nc3ccc(-n4c5ccccc5c5ccccc54)cc3)cc1)c1ccccc12. The number of benzene rings is 7. The zero-order chi connectivity index (χ0) is 26.5. The lowest BCUT2D eigenvalue weighted by molar-refractivity contribution is 1.18. The van der Waals surface area contributed by atoms with Crippen LogP contribution in [0.15, 0.2) is 152 Å². The molecule has 1 heterocycles. The third-order valence-corrected chi connectivity index (χ3v) is 7.96. The van der Waals surface area contributed by atoms with Gasteiger partial charge in [-0.05, 0) is 87.3 Å². The first-order valence-corrected chi connectivity index (χ1v) is 13.7. The van der Waals surface area contributed by atoms with E-state index in [4.69, 9.17) is 0 Å². The molecule has 2 heteroatoms. The van der Waals surface area contributed by atoms with Gasteiger partial charge in [-0.25, -0.2) is 0 Å². The number of hydrogen-bond acceptors (Lipinski definition) is 1. The van der Waals surface area contributed by atoms with Crippen LogP contribution in [0.4, 0.5) is 11.4 Å². The number of nitrogens with zero attached hydrogens (tertiary/aromatic N) is 1. The van der Waals surface area contributed by atoms with E-state index < -0.39 is 0 Å². The summed E-state index contributed by atoms with van der Waals surface area (Å²) in [6.45, 7) is 0. The van der Waals surface area contributed by atoms with Gasteiger partial charge in [0, 0.05) is 27.8 Å². The van der Waals surface area contributed by atoms with E-state index in [9.17, 15) is 0 Å². The Labute approximate surface area is 232 Å². The molecule has 0 aliphatic rings. The molecule has 0 bridgehead atoms. The van der Waals surface area contributed by atoms with Crippen LogP contribution in [0.3, 0.4) is 0 Å². The van der Waals surface area contributed by atoms with Crippen molar-refractivity contribution in [2.45, 2.75) is 0 Å². The maximum atomic E-state index is 3.59. The number of aromatic nitrogens is 1. The summed E-state index contributed by atoms with van der Waals surface area (Å²) in [5, 5.41) is 11.3. The smallest absolute Gasteiger partial charge is 0.0541 e. The zero-order valence-corrected chi connectivity index (χ0v) is 21.9. The second-order valence-corrected chi connectivity index (χ2v) is 10.3. The van der Waals surface area contributed by atoms with Crippen LogP contribution in [0.25, 0.3) is 60.2 Å². The molecule has 188 valence electrons. The van der Waals surface area contributed by atoms with Crippen LogP contribution in [-0.4, -0.2) is 4.57 Å². The van der Waals surface area contributed by atoms with E-state index in [1.807, 2.05) is 0 Å². The summed E-state index contributed by atoms with van der Waals surface area (Å²) >= 11 is 0. The summed E-state index contributed by atoms with van der Waals surface area (Å²) in [6.07, 6.45) is 0. The lowest BCUT2D eigenvalue weighted by Gasteiger charge is -2.13. The van der Waals surface area contributed by atoms with Crippen molar-refractivity contribution in [2.75, 3.05) is 5.32 Å². The highest BCUT2D eigenvalue weighted by Crippen LogP contribution is 2.36. The quantitative estimate of drug-likeness (QED) is 0.233. The number of nitrogens with one attached hydrogen (secondary N) is 1. The van der Waals surface area contributed by atoms with Gasteiger partial charge in [0.15, 0.2) is 0 Å². The van der Waals surface area contributed by atoms with E-state index in [2.05, 4.69) is 162 Å². The molecule has 2 nitrogen and oxygen atoms in total. The van der Waals surface area contributed by atoms with Crippen LogP contribution < -0.4 is 5.32 Å². The standard InChI is InChI=1S/C38H26N2/c1-2-10-31-27(9-1)25-36(33-12-4-3-11-32(31)33)26-17-19-28(20-18-26)39-29-21-23-30(24-22-29)40-37-15-7-5-13-34(37)35-14-6-8-16-38(35)40/h1-25,39H. The first kappa shape index (κ1) is 22.6. The zero-order valence-electron chi connectivity index (χ0n) is 21.9. The van der Waals surface area contributed by atoms with Gasteiger partial charge in [-0.3, -0.25) is 0 Å². The minimum atomic E-state index is 1.06. The van der Waals surface area contributed by atoms with E-state index in [1.165, 1.54) is 54.5 Å². The fourth-order valence-corrected chi connectivity index (χ4v) is 6.09. The number of anilines is 2. The Morgan fingerprint density at radius 2 is 0.900 bits per heavy atom. The van der Waals surface area contributed by atoms with Gasteiger partial charge in [-0.2, -0.15) is 0 Å². The lowest BCUT2D eigenvalue weighted by atomic mass is 9.93. The Hall–Kier alpha value is -5.34. The summed E-state index contributed by atoms with van der Waals surface area (Å²) < 4.78 is 2.34. The molecular weight excluding hydrogens is 484 g/mol. The normalized spacial score (nSPS) is 11.5. The summed E-state index contributed by atoms with van der Waals surface area (Å²) in [5.41, 5.74) is 8.21. The molecule has 0 aliphatic heterocycles. The largest absolute Gasteiger partial charge is 0.356 e. The van der Waals surface area contributed by atoms with Gasteiger partial charge in [0.1, 0.15) is 0 Å². The third-order valence-electron chi connectivity index (χ3n) is 7.96. The Bertz CT molecular complexity index is 2110. The van der Waals surface area contributed by atoms with Crippen LogP contribution in [0.2, 0.25) is 0 Å². The summed E-state index contributed by atoms with van der Waals surface area (Å²) in [7, 11) is 0. The number of fused-ring (bicyclic) bond motifs is 6. The fraction of sp³-hybridized carbons (Fsp3) is 0. The summed E-state index contributed by atoms with van der Waals surface area (Å²) in [5.74, 6) is 0. The van der Waals surface area contributed by atoms with Crippen molar-refractivity contribution in [3.63, 3.8) is 0 Å². The van der Waals surface area contributed by atoms with Gasteiger partial charge in [0.05, 0.1) is 11.0 Å². The van der Waals surface area contributed by atoms with Crippen molar-refractivity contribution < 1.29 is 0 Å². The Morgan fingerprint density at radius 3 is 1.55 bits per heavy atom. The first-order chi connectivity index (χ1) is 19.8. The van der Waals surface area contributed by atoms with Crippen molar-refractivity contribution in [3.05, 3.63) is 152 Å². The molecule has 40 heavy (non-hydrogen) atoms. The van der Waals surface area contributed by atoms with E-state index in [0.717, 1.165) is 17.1 Å². The predicted octanol–water partition coefficient (Wildman–Crippen LogP) is 10.5. The van der Waals surface area contributed by atoms with Crippen LogP contribution >= 0.6 is 0 Å². The minimum Gasteiger partial charge on any atom is -0.356 e. The molecule has 0 radical (unpaired) electrons. The van der Waals surface area contributed by atoms with Crippen molar-refractivity contribution in [2.24, 2.45) is 0 Å². The Morgan fingerprint density at radius 1 is 0.400 bits per heavy atom. The van der Waals surface area contributed by atoms with E-state index in [-0.39, 0.29) is 0 Å². The Kier molecular flexibility index (Phi) is 5.17. The lowest BCUT2D eigenvalue weighted by Crippen LogP contribution is -1.95. The molecule has 0 saturated heterocycles. The minimum absolute atomic E-state index is 1.06. The maximum absolute atomic E-state index is 3.59. The second-order valence-electron chi connectivity index (χ2n) is 10.3. The highest BCUT2D eigenvalue weighted by molar-refractivity contribution is 6.14. The van der Waals surface area contributed by atoms with Crippen LogP contribution in [0.5, 0.6) is 0 Å². The summed E-state index contributed by atoms with van der Waals surface area (Å²) in [6, 6.07) is 54.3. The molecule has 1 aromatic heterocycles. The van der Waals surface area contributed by atoms with Crippen LogP contribution in [-0.2, 0) is 0 Å². The molecule has 7 aromatic carbocycles. The number of hydrogen-bond donors (Lipinski definition) is 1. The van der Waals surface area contributed by atoms with E-state index in [1.54, 1.807) is 0 Å². The predicted molar refractivity (Wildman–Crippen MR) is 171 cm³/mol. The average molecular weight is 511 g/mol. The monoisotopic (exact) mass is 510 g/mol.